The van der Waals surface area contributed by atoms with E-state index in [9.17, 15) is 9.59 Å². The van der Waals surface area contributed by atoms with Gasteiger partial charge in [0.25, 0.3) is 0 Å². The maximum Gasteiger partial charge on any atom is 0.326 e. The normalized spacial score (nSPS) is 22.9. The van der Waals surface area contributed by atoms with Crippen LogP contribution in [0.15, 0.2) is 0 Å². The van der Waals surface area contributed by atoms with Crippen molar-refractivity contribution in [1.82, 2.24) is 10.6 Å². The Labute approximate surface area is 102 Å². The Balaban J connectivity index is 2.60. The second-order valence-corrected chi connectivity index (χ2v) is 5.69. The summed E-state index contributed by atoms with van der Waals surface area (Å²) in [5.41, 5.74) is -0.483. The summed E-state index contributed by atoms with van der Waals surface area (Å²) in [7, 11) is 0. The molecule has 1 saturated heterocycles. The van der Waals surface area contributed by atoms with E-state index in [0.29, 0.717) is 6.54 Å². The van der Waals surface area contributed by atoms with Crippen LogP contribution in [0.25, 0.3) is 0 Å². The molecule has 3 N–H and O–H groups in total. The smallest absolute Gasteiger partial charge is 0.326 e. The first-order valence-corrected chi connectivity index (χ1v) is 6.06. The van der Waals surface area contributed by atoms with Gasteiger partial charge in [-0.2, -0.15) is 0 Å². The molecule has 1 amide bonds. The van der Waals surface area contributed by atoms with Gasteiger partial charge in [0.2, 0.25) is 5.91 Å². The third-order valence-corrected chi connectivity index (χ3v) is 3.07. The summed E-state index contributed by atoms with van der Waals surface area (Å²) in [4.78, 5) is 23.1. The van der Waals surface area contributed by atoms with Gasteiger partial charge in [-0.15, -0.1) is 0 Å². The van der Waals surface area contributed by atoms with Gasteiger partial charge in [0, 0.05) is 6.54 Å². The molecule has 0 aromatic heterocycles. The lowest BCUT2D eigenvalue weighted by atomic mass is 9.86. The summed E-state index contributed by atoms with van der Waals surface area (Å²) < 4.78 is 0. The van der Waals surface area contributed by atoms with E-state index >= 15 is 0 Å². The Morgan fingerprint density at radius 2 is 2.06 bits per heavy atom. The number of carboxylic acid groups (broad SMARTS) is 1. The highest BCUT2D eigenvalue weighted by Gasteiger charge is 2.34. The van der Waals surface area contributed by atoms with Gasteiger partial charge in [-0.25, -0.2) is 4.79 Å². The number of carbonyl (C=O) groups excluding carboxylic acids is 1. The van der Waals surface area contributed by atoms with Crippen LogP contribution >= 0.6 is 0 Å². The summed E-state index contributed by atoms with van der Waals surface area (Å²) in [5.74, 6) is -1.23. The Kier molecular flexibility index (Phi) is 4.51. The van der Waals surface area contributed by atoms with Crippen molar-refractivity contribution in [3.05, 3.63) is 0 Å². The van der Waals surface area contributed by atoms with Crippen molar-refractivity contribution >= 4 is 11.9 Å². The molecule has 0 radical (unpaired) electrons. The molecule has 0 aromatic carbocycles. The van der Waals surface area contributed by atoms with Gasteiger partial charge >= 0.3 is 5.97 Å². The molecule has 0 aliphatic carbocycles. The van der Waals surface area contributed by atoms with Gasteiger partial charge in [0.05, 0.1) is 5.92 Å². The first-order valence-electron chi connectivity index (χ1n) is 6.06. The van der Waals surface area contributed by atoms with E-state index in [0.717, 1.165) is 19.4 Å². The van der Waals surface area contributed by atoms with E-state index in [1.165, 1.54) is 0 Å². The summed E-state index contributed by atoms with van der Waals surface area (Å²) in [6.45, 7) is 7.01. The number of rotatable bonds is 3. The molecule has 0 spiro atoms. The van der Waals surface area contributed by atoms with Crippen LogP contribution in [0, 0.1) is 11.3 Å². The van der Waals surface area contributed by atoms with Crippen LogP contribution in [0.5, 0.6) is 0 Å². The van der Waals surface area contributed by atoms with Crippen LogP contribution in [0.1, 0.15) is 33.6 Å². The molecule has 0 aromatic rings. The van der Waals surface area contributed by atoms with Gasteiger partial charge in [-0.3, -0.25) is 4.79 Å². The van der Waals surface area contributed by atoms with Gasteiger partial charge in [-0.05, 0) is 24.8 Å². The summed E-state index contributed by atoms with van der Waals surface area (Å²) in [6.07, 6.45) is 1.79. The molecule has 1 fully saturated rings. The number of amides is 1. The molecule has 2 atom stereocenters. The predicted molar refractivity (Wildman–Crippen MR) is 64.6 cm³/mol. The molecule has 5 heteroatoms. The topological polar surface area (TPSA) is 78.4 Å². The first-order chi connectivity index (χ1) is 7.82. The minimum absolute atomic E-state index is 0.104. The van der Waals surface area contributed by atoms with E-state index in [2.05, 4.69) is 10.6 Å². The summed E-state index contributed by atoms with van der Waals surface area (Å²) in [6, 6.07) is -0.836. The second-order valence-electron chi connectivity index (χ2n) is 5.69. The van der Waals surface area contributed by atoms with Crippen LogP contribution in [-0.2, 0) is 9.59 Å². The molecule has 1 rings (SSSR count). The molecule has 0 bridgehead atoms. The average molecular weight is 242 g/mol. The Bertz CT molecular complexity index is 291. The van der Waals surface area contributed by atoms with Crippen molar-refractivity contribution in [2.75, 3.05) is 13.1 Å². The minimum atomic E-state index is -0.977. The lowest BCUT2D eigenvalue weighted by Gasteiger charge is -2.30. The molecule has 1 heterocycles. The Morgan fingerprint density at radius 3 is 2.47 bits per heavy atom. The van der Waals surface area contributed by atoms with Crippen molar-refractivity contribution < 1.29 is 14.7 Å². The lowest BCUT2D eigenvalue weighted by Crippen LogP contribution is -2.52. The number of nitrogens with one attached hydrogen (secondary N) is 2. The maximum absolute atomic E-state index is 11.9. The third-order valence-electron chi connectivity index (χ3n) is 3.07. The SMILES string of the molecule is CC(C)(C)[C@H](NC(=O)C1CCCNC1)C(=O)O. The molecule has 1 aliphatic heterocycles. The van der Waals surface area contributed by atoms with Gasteiger partial charge < -0.3 is 15.7 Å². The maximum atomic E-state index is 11.9. The predicted octanol–water partition coefficient (Wildman–Crippen LogP) is 0.602. The fraction of sp³-hybridized carbons (Fsp3) is 0.833. The molecule has 0 saturated carbocycles. The monoisotopic (exact) mass is 242 g/mol. The lowest BCUT2D eigenvalue weighted by molar-refractivity contribution is -0.145. The number of carboxylic acids is 1. The van der Waals surface area contributed by atoms with Crippen LogP contribution in [0.3, 0.4) is 0 Å². The molecule has 1 unspecified atom stereocenters. The van der Waals surface area contributed by atoms with Crippen molar-refractivity contribution in [2.45, 2.75) is 39.7 Å². The standard InChI is InChI=1S/C12H22N2O3/c1-12(2,3)9(11(16)17)14-10(15)8-5-4-6-13-7-8/h8-9,13H,4-7H2,1-3H3,(H,14,15)(H,16,17)/t8?,9-/m1/s1. The zero-order valence-electron chi connectivity index (χ0n) is 10.7. The quantitative estimate of drug-likeness (QED) is 0.677. The van der Waals surface area contributed by atoms with Crippen molar-refractivity contribution in [2.24, 2.45) is 11.3 Å². The number of carbonyl (C=O) groups is 2. The van der Waals surface area contributed by atoms with Gasteiger partial charge in [0.1, 0.15) is 6.04 Å². The van der Waals surface area contributed by atoms with E-state index in [1.807, 2.05) is 20.8 Å². The highest BCUT2D eigenvalue weighted by molar-refractivity contribution is 5.85. The zero-order valence-corrected chi connectivity index (χ0v) is 10.7. The molecular formula is C12H22N2O3. The number of hydrogen-bond acceptors (Lipinski definition) is 3. The van der Waals surface area contributed by atoms with E-state index in [-0.39, 0.29) is 11.8 Å². The Morgan fingerprint density at radius 1 is 1.41 bits per heavy atom. The van der Waals surface area contributed by atoms with Crippen molar-refractivity contribution in [1.29, 1.82) is 0 Å². The molecule has 17 heavy (non-hydrogen) atoms. The molecular weight excluding hydrogens is 220 g/mol. The van der Waals surface area contributed by atoms with Crippen LogP contribution in [0.2, 0.25) is 0 Å². The molecule has 5 nitrogen and oxygen atoms in total. The first kappa shape index (κ1) is 14.0. The van der Waals surface area contributed by atoms with Crippen LogP contribution < -0.4 is 10.6 Å². The summed E-state index contributed by atoms with van der Waals surface area (Å²) in [5, 5.41) is 14.9. The number of piperidine rings is 1. The largest absolute Gasteiger partial charge is 0.480 e. The van der Waals surface area contributed by atoms with Gasteiger partial charge in [0.15, 0.2) is 0 Å². The highest BCUT2D eigenvalue weighted by atomic mass is 16.4. The van der Waals surface area contributed by atoms with E-state index in [1.54, 1.807) is 0 Å². The Hall–Kier alpha value is -1.10. The van der Waals surface area contributed by atoms with Crippen molar-refractivity contribution in [3.63, 3.8) is 0 Å². The van der Waals surface area contributed by atoms with Crippen LogP contribution in [-0.4, -0.2) is 36.1 Å². The zero-order chi connectivity index (χ0) is 13.1. The number of aliphatic carboxylic acids is 1. The van der Waals surface area contributed by atoms with Gasteiger partial charge in [-0.1, -0.05) is 20.8 Å². The minimum Gasteiger partial charge on any atom is -0.480 e. The highest BCUT2D eigenvalue weighted by Crippen LogP contribution is 2.20. The second kappa shape index (κ2) is 5.49. The number of hydrogen-bond donors (Lipinski definition) is 3. The van der Waals surface area contributed by atoms with E-state index < -0.39 is 17.4 Å². The van der Waals surface area contributed by atoms with Crippen molar-refractivity contribution in [3.8, 4) is 0 Å². The average Bonchev–Trinajstić information content (AvgIpc) is 2.24. The van der Waals surface area contributed by atoms with Crippen LogP contribution in [0.4, 0.5) is 0 Å². The molecule has 1 aliphatic rings. The fourth-order valence-electron chi connectivity index (χ4n) is 1.98. The van der Waals surface area contributed by atoms with E-state index in [4.69, 9.17) is 5.11 Å². The fourth-order valence-corrected chi connectivity index (χ4v) is 1.98. The molecule has 98 valence electrons. The summed E-state index contributed by atoms with van der Waals surface area (Å²) >= 11 is 0. The third kappa shape index (κ3) is 4.00.